The van der Waals surface area contributed by atoms with E-state index in [1.807, 2.05) is 20.8 Å². The maximum atomic E-state index is 13.7. The van der Waals surface area contributed by atoms with Crippen molar-refractivity contribution in [2.75, 3.05) is 7.11 Å². The summed E-state index contributed by atoms with van der Waals surface area (Å²) in [5.41, 5.74) is 3.59. The van der Waals surface area contributed by atoms with Gasteiger partial charge in [-0.25, -0.2) is 0 Å². The highest BCUT2D eigenvalue weighted by Crippen LogP contribution is 2.55. The second kappa shape index (κ2) is 9.28. The molecule has 10 nitrogen and oxygen atoms in total. The molecule has 10 heteroatoms. The van der Waals surface area contributed by atoms with E-state index in [1.165, 1.54) is 13.2 Å². The molecule has 39 heavy (non-hydrogen) atoms. The molecule has 210 valence electrons. The number of rotatable bonds is 3. The summed E-state index contributed by atoms with van der Waals surface area (Å²) in [6.45, 7) is 7.18. The van der Waals surface area contributed by atoms with Gasteiger partial charge < -0.3 is 40.4 Å². The second-order valence-electron chi connectivity index (χ2n) is 11.8. The van der Waals surface area contributed by atoms with Crippen LogP contribution in [-0.4, -0.2) is 69.2 Å². The van der Waals surface area contributed by atoms with Crippen LogP contribution >= 0.6 is 0 Å². The Morgan fingerprint density at radius 1 is 1.08 bits per heavy atom. The van der Waals surface area contributed by atoms with E-state index in [0.29, 0.717) is 0 Å². The minimum absolute atomic E-state index is 0.00334. The average molecular weight is 542 g/mol. The largest absolute Gasteiger partial charge is 0.507 e. The monoisotopic (exact) mass is 541 g/mol. The van der Waals surface area contributed by atoms with Crippen molar-refractivity contribution in [3.63, 3.8) is 0 Å². The molecule has 1 aliphatic heterocycles. The van der Waals surface area contributed by atoms with Crippen molar-refractivity contribution in [2.45, 2.75) is 83.2 Å². The molecular weight excluding hydrogens is 506 g/mol. The maximum Gasteiger partial charge on any atom is 0.202 e. The van der Waals surface area contributed by atoms with E-state index in [1.54, 1.807) is 19.1 Å². The number of benzene rings is 2. The van der Waals surface area contributed by atoms with Crippen LogP contribution in [0.2, 0.25) is 0 Å². The first-order valence-electron chi connectivity index (χ1n) is 13.0. The highest BCUT2D eigenvalue weighted by atomic mass is 16.7. The molecule has 0 saturated carbocycles. The van der Waals surface area contributed by atoms with Gasteiger partial charge in [-0.15, -0.1) is 0 Å². The number of carbonyl (C=O) groups excluding carboxylic acids is 2. The van der Waals surface area contributed by atoms with Gasteiger partial charge in [-0.3, -0.25) is 9.59 Å². The zero-order chi connectivity index (χ0) is 28.6. The number of ether oxygens (including phenoxy) is 3. The maximum absolute atomic E-state index is 13.7. The Morgan fingerprint density at radius 3 is 2.36 bits per heavy atom. The number of hydrogen-bond donors (Lipinski definition) is 5. The van der Waals surface area contributed by atoms with Crippen molar-refractivity contribution in [1.82, 2.24) is 0 Å². The number of hydrogen-bond acceptors (Lipinski definition) is 10. The van der Waals surface area contributed by atoms with Gasteiger partial charge in [0, 0.05) is 42.0 Å². The van der Waals surface area contributed by atoms with Gasteiger partial charge >= 0.3 is 0 Å². The van der Waals surface area contributed by atoms with Crippen molar-refractivity contribution in [1.29, 1.82) is 0 Å². The van der Waals surface area contributed by atoms with Crippen LogP contribution in [0, 0.1) is 5.41 Å². The van der Waals surface area contributed by atoms with Gasteiger partial charge in [0.15, 0.2) is 12.1 Å². The van der Waals surface area contributed by atoms with E-state index < -0.39 is 64.7 Å². The van der Waals surface area contributed by atoms with E-state index in [0.717, 1.165) is 0 Å². The number of aromatic hydroxyl groups is 2. The van der Waals surface area contributed by atoms with Crippen LogP contribution in [0.3, 0.4) is 0 Å². The van der Waals surface area contributed by atoms with Crippen molar-refractivity contribution in [2.24, 2.45) is 11.1 Å². The molecule has 6 N–H and O–H groups in total. The Bertz CT molecular complexity index is 1350. The summed E-state index contributed by atoms with van der Waals surface area (Å²) in [6, 6.07) is 3.95. The quantitative estimate of drug-likeness (QED) is 0.311. The standard InChI is InChI=1S/C29H35NO9/c1-12-23(31)15(30)9-18(38-12)39-17-11-29(36,28(2,3)4)10-14-20(17)27(35)22-21(25(14)33)24(32)13-7-6-8-16(37-5)19(13)26(22)34/h6-8,12,15,17-18,23,31,33,35-36H,9-11,30H2,1-5H3/t12-,15-,17-,18-,23-,29-/m0/s1. The van der Waals surface area contributed by atoms with Gasteiger partial charge in [0.2, 0.25) is 5.78 Å². The molecule has 6 atom stereocenters. The van der Waals surface area contributed by atoms with Crippen LogP contribution in [0.15, 0.2) is 18.2 Å². The summed E-state index contributed by atoms with van der Waals surface area (Å²) in [5.74, 6) is -2.12. The second-order valence-corrected chi connectivity index (χ2v) is 11.8. The Morgan fingerprint density at radius 2 is 1.74 bits per heavy atom. The number of aliphatic hydroxyl groups excluding tert-OH is 1. The SMILES string of the molecule is COc1cccc2c1C(=O)c1c(O)c3c(c(O)c1C2=O)C[C@@](O)(C(C)(C)C)C[C@@H]3O[C@H]1C[C@H](N)[C@@H](O)[C@H](C)O1. The van der Waals surface area contributed by atoms with Gasteiger partial charge in [0.1, 0.15) is 17.2 Å². The molecular formula is C29H35NO9. The van der Waals surface area contributed by atoms with Crippen LogP contribution in [0.1, 0.15) is 89.6 Å². The van der Waals surface area contributed by atoms with Crippen molar-refractivity contribution in [3.8, 4) is 17.2 Å². The van der Waals surface area contributed by atoms with Crippen LogP contribution in [0.25, 0.3) is 0 Å². The number of phenolic OH excluding ortho intramolecular Hbond substituents is 2. The first-order valence-corrected chi connectivity index (χ1v) is 13.0. The number of fused-ring (bicyclic) bond motifs is 3. The number of aliphatic hydroxyl groups is 2. The zero-order valence-corrected chi connectivity index (χ0v) is 22.6. The highest BCUT2D eigenvalue weighted by molar-refractivity contribution is 6.31. The minimum atomic E-state index is -1.42. The predicted octanol–water partition coefficient (Wildman–Crippen LogP) is 2.49. The third-order valence-electron chi connectivity index (χ3n) is 8.54. The van der Waals surface area contributed by atoms with E-state index >= 15 is 0 Å². The van der Waals surface area contributed by atoms with Gasteiger partial charge in [-0.2, -0.15) is 0 Å². The number of methoxy groups -OCH3 is 1. The zero-order valence-electron chi connectivity index (χ0n) is 22.6. The third kappa shape index (κ3) is 4.13. The summed E-state index contributed by atoms with van der Waals surface area (Å²) in [5, 5.41) is 45.2. The first kappa shape index (κ1) is 27.5. The fourth-order valence-electron chi connectivity index (χ4n) is 5.96. The summed E-state index contributed by atoms with van der Waals surface area (Å²) < 4.78 is 17.4. The lowest BCUT2D eigenvalue weighted by Crippen LogP contribution is -2.53. The molecule has 2 aliphatic carbocycles. The number of phenols is 2. The van der Waals surface area contributed by atoms with E-state index in [4.69, 9.17) is 19.9 Å². The lowest BCUT2D eigenvalue weighted by atomic mass is 9.64. The summed E-state index contributed by atoms with van der Waals surface area (Å²) in [6.07, 6.45) is -3.39. The molecule has 3 aliphatic rings. The predicted molar refractivity (Wildman–Crippen MR) is 139 cm³/mol. The van der Waals surface area contributed by atoms with Crippen molar-refractivity contribution < 1.29 is 44.2 Å². The molecule has 0 amide bonds. The lowest BCUT2D eigenvalue weighted by Gasteiger charge is -2.48. The molecule has 2 aromatic carbocycles. The molecule has 0 aromatic heterocycles. The molecule has 5 rings (SSSR count). The summed E-state index contributed by atoms with van der Waals surface area (Å²) in [7, 11) is 1.37. The van der Waals surface area contributed by atoms with Gasteiger partial charge in [-0.05, 0) is 18.4 Å². The first-order chi connectivity index (χ1) is 18.2. The Kier molecular flexibility index (Phi) is 6.55. The molecule has 1 fully saturated rings. The summed E-state index contributed by atoms with van der Waals surface area (Å²) in [4.78, 5) is 27.3. The van der Waals surface area contributed by atoms with Crippen LogP contribution in [-0.2, 0) is 15.9 Å². The fourth-order valence-corrected chi connectivity index (χ4v) is 5.96. The van der Waals surface area contributed by atoms with E-state index in [-0.39, 0.29) is 58.4 Å². The minimum Gasteiger partial charge on any atom is -0.507 e. The van der Waals surface area contributed by atoms with Crippen molar-refractivity contribution >= 4 is 11.6 Å². The Balaban J connectivity index is 1.69. The van der Waals surface area contributed by atoms with Crippen molar-refractivity contribution in [3.05, 3.63) is 51.6 Å². The number of carbonyl (C=O) groups is 2. The van der Waals surface area contributed by atoms with E-state index in [9.17, 15) is 30.0 Å². The van der Waals surface area contributed by atoms with Crippen LogP contribution in [0.4, 0.5) is 0 Å². The van der Waals surface area contributed by atoms with Gasteiger partial charge in [0.05, 0.1) is 47.7 Å². The number of nitrogens with two attached hydrogens (primary N) is 1. The van der Waals surface area contributed by atoms with E-state index in [2.05, 4.69) is 0 Å². The molecule has 0 radical (unpaired) electrons. The smallest absolute Gasteiger partial charge is 0.202 e. The lowest BCUT2D eigenvalue weighted by molar-refractivity contribution is -0.251. The Labute approximate surface area is 226 Å². The normalized spacial score (nSPS) is 30.4. The third-order valence-corrected chi connectivity index (χ3v) is 8.54. The molecule has 1 heterocycles. The Hall–Kier alpha value is -3.02. The highest BCUT2D eigenvalue weighted by Gasteiger charge is 2.51. The number of ketones is 2. The van der Waals surface area contributed by atoms with Crippen LogP contribution < -0.4 is 10.5 Å². The molecule has 2 aromatic rings. The average Bonchev–Trinajstić information content (AvgIpc) is 2.86. The fraction of sp³-hybridized carbons (Fsp3) is 0.517. The molecule has 0 bridgehead atoms. The van der Waals surface area contributed by atoms with Crippen LogP contribution in [0.5, 0.6) is 17.2 Å². The molecule has 0 unspecified atom stereocenters. The molecule has 1 saturated heterocycles. The summed E-state index contributed by atoms with van der Waals surface area (Å²) >= 11 is 0. The van der Waals surface area contributed by atoms with Gasteiger partial charge in [0.25, 0.3) is 0 Å². The van der Waals surface area contributed by atoms with Gasteiger partial charge in [-0.1, -0.05) is 32.9 Å². The topological polar surface area (TPSA) is 169 Å². The molecule has 0 spiro atoms.